The Bertz CT molecular complexity index is 317. The SMILES string of the molecule is COc1c(Br)cnc(C)c1C(F)F. The van der Waals surface area contributed by atoms with Crippen molar-refractivity contribution in [2.75, 3.05) is 7.11 Å². The summed E-state index contributed by atoms with van der Waals surface area (Å²) in [6.07, 6.45) is -1.13. The molecular formula is C8H8BrF2NO. The van der Waals surface area contributed by atoms with Gasteiger partial charge in [-0.05, 0) is 22.9 Å². The summed E-state index contributed by atoms with van der Waals surface area (Å²) in [5.41, 5.74) is 0.131. The molecule has 13 heavy (non-hydrogen) atoms. The lowest BCUT2D eigenvalue weighted by molar-refractivity contribution is 0.145. The van der Waals surface area contributed by atoms with E-state index in [-0.39, 0.29) is 17.0 Å². The van der Waals surface area contributed by atoms with Gasteiger partial charge in [-0.25, -0.2) is 8.78 Å². The van der Waals surface area contributed by atoms with Crippen LogP contribution < -0.4 is 4.74 Å². The number of ether oxygens (including phenoxy) is 1. The summed E-state index contributed by atoms with van der Waals surface area (Å²) in [4.78, 5) is 3.80. The van der Waals surface area contributed by atoms with E-state index in [1.54, 1.807) is 0 Å². The fourth-order valence-electron chi connectivity index (χ4n) is 1.04. The molecule has 1 heterocycles. The fraction of sp³-hybridized carbons (Fsp3) is 0.375. The molecule has 0 N–H and O–H groups in total. The molecule has 0 spiro atoms. The average Bonchev–Trinajstić information content (AvgIpc) is 2.07. The molecule has 2 nitrogen and oxygen atoms in total. The van der Waals surface area contributed by atoms with Gasteiger partial charge in [0.1, 0.15) is 5.75 Å². The van der Waals surface area contributed by atoms with Crippen LogP contribution in [0.3, 0.4) is 0 Å². The normalized spacial score (nSPS) is 10.6. The average molecular weight is 252 g/mol. The zero-order valence-corrected chi connectivity index (χ0v) is 8.73. The number of methoxy groups -OCH3 is 1. The van der Waals surface area contributed by atoms with Crippen molar-refractivity contribution in [2.24, 2.45) is 0 Å². The van der Waals surface area contributed by atoms with E-state index in [0.29, 0.717) is 4.47 Å². The Morgan fingerprint density at radius 3 is 2.54 bits per heavy atom. The molecule has 0 bridgehead atoms. The monoisotopic (exact) mass is 251 g/mol. The second-order valence-electron chi connectivity index (χ2n) is 2.44. The third-order valence-electron chi connectivity index (χ3n) is 1.65. The molecule has 0 aliphatic carbocycles. The van der Waals surface area contributed by atoms with Crippen LogP contribution in [-0.2, 0) is 0 Å². The van der Waals surface area contributed by atoms with E-state index in [4.69, 9.17) is 4.74 Å². The maximum atomic E-state index is 12.5. The van der Waals surface area contributed by atoms with Gasteiger partial charge >= 0.3 is 0 Å². The Balaban J connectivity index is 3.35. The van der Waals surface area contributed by atoms with Crippen molar-refractivity contribution in [2.45, 2.75) is 13.3 Å². The van der Waals surface area contributed by atoms with Crippen molar-refractivity contribution in [1.29, 1.82) is 0 Å². The predicted molar refractivity (Wildman–Crippen MR) is 48.2 cm³/mol. The molecule has 0 unspecified atom stereocenters. The van der Waals surface area contributed by atoms with Gasteiger partial charge in [0.2, 0.25) is 0 Å². The summed E-state index contributed by atoms with van der Waals surface area (Å²) in [6, 6.07) is 0. The lowest BCUT2D eigenvalue weighted by Crippen LogP contribution is -1.99. The molecule has 0 saturated heterocycles. The zero-order chi connectivity index (χ0) is 10.0. The molecule has 0 radical (unpaired) electrons. The highest BCUT2D eigenvalue weighted by atomic mass is 79.9. The molecule has 1 rings (SSSR count). The van der Waals surface area contributed by atoms with Crippen LogP contribution in [0, 0.1) is 6.92 Å². The minimum Gasteiger partial charge on any atom is -0.495 e. The minimum atomic E-state index is -2.57. The van der Waals surface area contributed by atoms with Gasteiger partial charge in [0, 0.05) is 11.9 Å². The van der Waals surface area contributed by atoms with Crippen LogP contribution in [0.25, 0.3) is 0 Å². The molecule has 0 fully saturated rings. The van der Waals surface area contributed by atoms with E-state index < -0.39 is 6.43 Å². The molecular weight excluding hydrogens is 244 g/mol. The number of aromatic nitrogens is 1. The largest absolute Gasteiger partial charge is 0.495 e. The van der Waals surface area contributed by atoms with E-state index in [1.807, 2.05) is 0 Å². The number of hydrogen-bond acceptors (Lipinski definition) is 2. The Kier molecular flexibility index (Phi) is 3.19. The van der Waals surface area contributed by atoms with Crippen LogP contribution >= 0.6 is 15.9 Å². The Labute approximate surface area is 83.1 Å². The third kappa shape index (κ3) is 1.96. The second-order valence-corrected chi connectivity index (χ2v) is 3.29. The second kappa shape index (κ2) is 4.00. The van der Waals surface area contributed by atoms with E-state index >= 15 is 0 Å². The lowest BCUT2D eigenvalue weighted by atomic mass is 10.2. The van der Waals surface area contributed by atoms with E-state index in [0.717, 1.165) is 0 Å². The third-order valence-corrected chi connectivity index (χ3v) is 2.21. The summed E-state index contributed by atoms with van der Waals surface area (Å²) in [6.45, 7) is 1.52. The summed E-state index contributed by atoms with van der Waals surface area (Å²) in [7, 11) is 1.35. The first-order valence-corrected chi connectivity index (χ1v) is 4.34. The highest BCUT2D eigenvalue weighted by molar-refractivity contribution is 9.10. The van der Waals surface area contributed by atoms with Crippen LogP contribution in [0.15, 0.2) is 10.7 Å². The van der Waals surface area contributed by atoms with Crippen LogP contribution in [0.5, 0.6) is 5.75 Å². The molecule has 0 aliphatic heterocycles. The number of hydrogen-bond donors (Lipinski definition) is 0. The van der Waals surface area contributed by atoms with Gasteiger partial charge in [0.05, 0.1) is 17.1 Å². The quantitative estimate of drug-likeness (QED) is 0.806. The minimum absolute atomic E-state index is 0.155. The van der Waals surface area contributed by atoms with Gasteiger partial charge in [0.15, 0.2) is 0 Å². The van der Waals surface area contributed by atoms with Gasteiger partial charge in [-0.1, -0.05) is 0 Å². The van der Waals surface area contributed by atoms with Crippen molar-refractivity contribution in [3.05, 3.63) is 21.9 Å². The highest BCUT2D eigenvalue weighted by Crippen LogP contribution is 2.36. The van der Waals surface area contributed by atoms with Crippen LogP contribution in [-0.4, -0.2) is 12.1 Å². The van der Waals surface area contributed by atoms with Gasteiger partial charge < -0.3 is 4.74 Å². The Morgan fingerprint density at radius 1 is 1.54 bits per heavy atom. The zero-order valence-electron chi connectivity index (χ0n) is 7.14. The van der Waals surface area contributed by atoms with Gasteiger partial charge in [0.25, 0.3) is 6.43 Å². The summed E-state index contributed by atoms with van der Waals surface area (Å²) in [5.74, 6) is 0.155. The molecule has 0 aliphatic rings. The molecule has 72 valence electrons. The highest BCUT2D eigenvalue weighted by Gasteiger charge is 2.19. The van der Waals surface area contributed by atoms with Gasteiger partial charge in [-0.2, -0.15) is 0 Å². The van der Waals surface area contributed by atoms with E-state index in [2.05, 4.69) is 20.9 Å². The van der Waals surface area contributed by atoms with Gasteiger partial charge in [-0.3, -0.25) is 4.98 Å². The van der Waals surface area contributed by atoms with Crippen LogP contribution in [0.4, 0.5) is 8.78 Å². The molecule has 0 saturated carbocycles. The summed E-state index contributed by atoms with van der Waals surface area (Å²) < 4.78 is 30.3. The molecule has 1 aromatic rings. The van der Waals surface area contributed by atoms with E-state index in [9.17, 15) is 8.78 Å². The molecule has 1 aromatic heterocycles. The van der Waals surface area contributed by atoms with Crippen molar-refractivity contribution < 1.29 is 13.5 Å². The number of pyridine rings is 1. The molecule has 0 amide bonds. The number of alkyl halides is 2. The summed E-state index contributed by atoms with van der Waals surface area (Å²) in [5, 5.41) is 0. The maximum Gasteiger partial charge on any atom is 0.269 e. The van der Waals surface area contributed by atoms with Crippen molar-refractivity contribution in [1.82, 2.24) is 4.98 Å². The first-order chi connectivity index (χ1) is 6.07. The fourth-order valence-corrected chi connectivity index (χ4v) is 1.52. The van der Waals surface area contributed by atoms with Crippen LogP contribution in [0.1, 0.15) is 17.7 Å². The van der Waals surface area contributed by atoms with Crippen molar-refractivity contribution >= 4 is 15.9 Å². The Hall–Kier alpha value is -0.710. The van der Waals surface area contributed by atoms with Crippen molar-refractivity contribution in [3.63, 3.8) is 0 Å². The number of rotatable bonds is 2. The predicted octanol–water partition coefficient (Wildman–Crippen LogP) is 3.10. The molecule has 5 heteroatoms. The van der Waals surface area contributed by atoms with E-state index in [1.165, 1.54) is 20.2 Å². The number of nitrogens with zero attached hydrogens (tertiary/aromatic N) is 1. The smallest absolute Gasteiger partial charge is 0.269 e. The standard InChI is InChI=1S/C8H8BrF2NO/c1-4-6(8(10)11)7(13-2)5(9)3-12-4/h3,8H,1-2H3. The summed E-state index contributed by atoms with van der Waals surface area (Å²) >= 11 is 3.09. The lowest BCUT2D eigenvalue weighted by Gasteiger charge is -2.11. The number of halogens is 3. The first kappa shape index (κ1) is 10.4. The first-order valence-electron chi connectivity index (χ1n) is 3.55. The Morgan fingerprint density at radius 2 is 2.15 bits per heavy atom. The molecule has 0 aromatic carbocycles. The maximum absolute atomic E-state index is 12.5. The van der Waals surface area contributed by atoms with Crippen molar-refractivity contribution in [3.8, 4) is 5.75 Å². The molecule has 0 atom stereocenters. The van der Waals surface area contributed by atoms with Gasteiger partial charge in [-0.15, -0.1) is 0 Å². The topological polar surface area (TPSA) is 22.1 Å². The number of aryl methyl sites for hydroxylation is 1. The van der Waals surface area contributed by atoms with Crippen LogP contribution in [0.2, 0.25) is 0 Å².